The SMILES string of the molecule is CCc1nc2ccccc2n1C1CCC(NC)(C(N)=O)C1. The number of aromatic nitrogens is 2. The number of nitrogens with one attached hydrogen (secondary N) is 1. The highest BCUT2D eigenvalue weighted by molar-refractivity contribution is 5.85. The van der Waals surface area contributed by atoms with Gasteiger partial charge in [0.1, 0.15) is 5.82 Å². The van der Waals surface area contributed by atoms with Gasteiger partial charge in [-0.15, -0.1) is 0 Å². The third kappa shape index (κ3) is 2.12. The van der Waals surface area contributed by atoms with Crippen molar-refractivity contribution < 1.29 is 4.79 Å². The van der Waals surface area contributed by atoms with Gasteiger partial charge in [0.15, 0.2) is 0 Å². The number of carbonyl (C=O) groups excluding carboxylic acids is 1. The second-order valence-corrected chi connectivity index (χ2v) is 5.83. The van der Waals surface area contributed by atoms with Crippen LogP contribution in [0.25, 0.3) is 11.0 Å². The molecule has 0 bridgehead atoms. The molecule has 112 valence electrons. The number of hydrogen-bond donors (Lipinski definition) is 2. The quantitative estimate of drug-likeness (QED) is 0.899. The second kappa shape index (κ2) is 5.15. The number of primary amides is 1. The third-order valence-corrected chi connectivity index (χ3v) is 4.79. The molecule has 2 unspecified atom stereocenters. The maximum atomic E-state index is 11.8. The predicted octanol–water partition coefficient (Wildman–Crippen LogP) is 1.77. The van der Waals surface area contributed by atoms with Gasteiger partial charge in [-0.2, -0.15) is 0 Å². The number of benzene rings is 1. The van der Waals surface area contributed by atoms with Crippen LogP contribution in [0.4, 0.5) is 0 Å². The Balaban J connectivity index is 2.04. The summed E-state index contributed by atoms with van der Waals surface area (Å²) < 4.78 is 2.30. The number of hydrogen-bond acceptors (Lipinski definition) is 3. The fourth-order valence-electron chi connectivity index (χ4n) is 3.57. The van der Waals surface area contributed by atoms with Crippen LogP contribution in [0.2, 0.25) is 0 Å². The first kappa shape index (κ1) is 14.1. The van der Waals surface area contributed by atoms with E-state index in [4.69, 9.17) is 10.7 Å². The molecule has 0 aliphatic heterocycles. The van der Waals surface area contributed by atoms with E-state index >= 15 is 0 Å². The summed E-state index contributed by atoms with van der Waals surface area (Å²) in [5, 5.41) is 3.15. The Hall–Kier alpha value is -1.88. The Bertz CT molecular complexity index is 678. The van der Waals surface area contributed by atoms with Gasteiger partial charge in [-0.3, -0.25) is 4.79 Å². The van der Waals surface area contributed by atoms with E-state index in [2.05, 4.69) is 22.9 Å². The lowest BCUT2D eigenvalue weighted by molar-refractivity contribution is -0.124. The normalized spacial score (nSPS) is 25.5. The van der Waals surface area contributed by atoms with Crippen molar-refractivity contribution in [3.8, 4) is 0 Å². The number of nitrogens with two attached hydrogens (primary N) is 1. The Morgan fingerprint density at radius 1 is 1.52 bits per heavy atom. The van der Waals surface area contributed by atoms with Gasteiger partial charge < -0.3 is 15.6 Å². The first-order valence-corrected chi connectivity index (χ1v) is 7.56. The molecule has 0 radical (unpaired) electrons. The van der Waals surface area contributed by atoms with Crippen LogP contribution in [-0.2, 0) is 11.2 Å². The molecule has 3 N–H and O–H groups in total. The molecule has 3 rings (SSSR count). The topological polar surface area (TPSA) is 72.9 Å². The summed E-state index contributed by atoms with van der Waals surface area (Å²) in [6.07, 6.45) is 3.33. The van der Waals surface area contributed by atoms with Crippen molar-refractivity contribution >= 4 is 16.9 Å². The van der Waals surface area contributed by atoms with Crippen molar-refractivity contribution in [2.45, 2.75) is 44.2 Å². The number of fused-ring (bicyclic) bond motifs is 1. The molecule has 5 nitrogen and oxygen atoms in total. The summed E-state index contributed by atoms with van der Waals surface area (Å²) in [6, 6.07) is 8.46. The van der Waals surface area contributed by atoms with Crippen LogP contribution in [0, 0.1) is 0 Å². The van der Waals surface area contributed by atoms with E-state index in [1.807, 2.05) is 25.2 Å². The van der Waals surface area contributed by atoms with E-state index in [9.17, 15) is 4.79 Å². The number of nitrogens with zero attached hydrogens (tertiary/aromatic N) is 2. The van der Waals surface area contributed by atoms with Gasteiger partial charge >= 0.3 is 0 Å². The molecule has 2 aromatic rings. The van der Waals surface area contributed by atoms with Gasteiger partial charge in [0.2, 0.25) is 5.91 Å². The Kier molecular flexibility index (Phi) is 3.45. The lowest BCUT2D eigenvalue weighted by Gasteiger charge is -2.25. The van der Waals surface area contributed by atoms with Crippen LogP contribution < -0.4 is 11.1 Å². The van der Waals surface area contributed by atoms with Crippen LogP contribution in [0.15, 0.2) is 24.3 Å². The van der Waals surface area contributed by atoms with Crippen molar-refractivity contribution in [1.29, 1.82) is 0 Å². The largest absolute Gasteiger partial charge is 0.368 e. The number of aryl methyl sites for hydroxylation is 1. The highest BCUT2D eigenvalue weighted by Crippen LogP contribution is 2.39. The molecule has 0 spiro atoms. The molecule has 1 amide bonds. The van der Waals surface area contributed by atoms with Gasteiger partial charge in [0, 0.05) is 12.5 Å². The standard InChI is InChI=1S/C16H22N4O/c1-3-14-19-12-6-4-5-7-13(12)20(14)11-8-9-16(10-11,18-2)15(17)21/h4-7,11,18H,3,8-10H2,1-2H3,(H2,17,21). The average molecular weight is 286 g/mol. The molecule has 5 heteroatoms. The number of likely N-dealkylation sites (N-methyl/N-ethyl adjacent to an activating group) is 1. The van der Waals surface area contributed by atoms with E-state index in [1.54, 1.807) is 0 Å². The van der Waals surface area contributed by atoms with Crippen LogP contribution in [0.5, 0.6) is 0 Å². The molecule has 1 saturated carbocycles. The third-order valence-electron chi connectivity index (χ3n) is 4.79. The van der Waals surface area contributed by atoms with Crippen LogP contribution in [0.3, 0.4) is 0 Å². The Morgan fingerprint density at radius 2 is 2.29 bits per heavy atom. The summed E-state index contributed by atoms with van der Waals surface area (Å²) in [5.74, 6) is 0.826. The Morgan fingerprint density at radius 3 is 2.90 bits per heavy atom. The van der Waals surface area contributed by atoms with Gasteiger partial charge in [0.25, 0.3) is 0 Å². The molecular formula is C16H22N4O. The number of amides is 1. The van der Waals surface area contributed by atoms with Crippen molar-refractivity contribution in [2.75, 3.05) is 7.05 Å². The maximum Gasteiger partial charge on any atom is 0.237 e. The average Bonchev–Trinajstić information content (AvgIpc) is 3.08. The molecule has 1 aliphatic carbocycles. The van der Waals surface area contributed by atoms with Gasteiger partial charge in [-0.1, -0.05) is 19.1 Å². The lowest BCUT2D eigenvalue weighted by atomic mass is 9.97. The van der Waals surface area contributed by atoms with Crippen molar-refractivity contribution in [3.05, 3.63) is 30.1 Å². The maximum absolute atomic E-state index is 11.8. The molecule has 1 aromatic heterocycles. The fraction of sp³-hybridized carbons (Fsp3) is 0.500. The monoisotopic (exact) mass is 286 g/mol. The minimum atomic E-state index is -0.582. The minimum Gasteiger partial charge on any atom is -0.368 e. The fourth-order valence-corrected chi connectivity index (χ4v) is 3.57. The first-order valence-electron chi connectivity index (χ1n) is 7.56. The van der Waals surface area contributed by atoms with E-state index in [-0.39, 0.29) is 11.9 Å². The van der Waals surface area contributed by atoms with Gasteiger partial charge in [-0.25, -0.2) is 4.98 Å². The zero-order valence-electron chi connectivity index (χ0n) is 12.6. The summed E-state index contributed by atoms with van der Waals surface area (Å²) >= 11 is 0. The zero-order chi connectivity index (χ0) is 15.0. The van der Waals surface area contributed by atoms with Gasteiger partial charge in [0.05, 0.1) is 16.6 Å². The lowest BCUT2D eigenvalue weighted by Crippen LogP contribution is -2.52. The van der Waals surface area contributed by atoms with Crippen molar-refractivity contribution in [3.63, 3.8) is 0 Å². The smallest absolute Gasteiger partial charge is 0.237 e. The molecule has 1 aromatic carbocycles. The van der Waals surface area contributed by atoms with E-state index in [1.165, 1.54) is 0 Å². The summed E-state index contributed by atoms with van der Waals surface area (Å²) in [4.78, 5) is 16.5. The molecule has 2 atom stereocenters. The first-order chi connectivity index (χ1) is 10.1. The molecule has 21 heavy (non-hydrogen) atoms. The molecule has 0 saturated heterocycles. The summed E-state index contributed by atoms with van der Waals surface area (Å²) in [6.45, 7) is 2.12. The highest BCUT2D eigenvalue weighted by atomic mass is 16.1. The van der Waals surface area contributed by atoms with Gasteiger partial charge in [-0.05, 0) is 38.4 Å². The molecule has 1 aliphatic rings. The number of para-hydroxylation sites is 2. The minimum absolute atomic E-state index is 0.255. The predicted molar refractivity (Wildman–Crippen MR) is 83.0 cm³/mol. The summed E-state index contributed by atoms with van der Waals surface area (Å²) in [7, 11) is 1.82. The number of imidazole rings is 1. The van der Waals surface area contributed by atoms with Crippen LogP contribution in [0.1, 0.15) is 38.1 Å². The zero-order valence-corrected chi connectivity index (χ0v) is 12.6. The molecule has 1 heterocycles. The van der Waals surface area contributed by atoms with Crippen molar-refractivity contribution in [2.24, 2.45) is 5.73 Å². The Labute approximate surface area is 124 Å². The van der Waals surface area contributed by atoms with E-state index in [0.29, 0.717) is 0 Å². The second-order valence-electron chi connectivity index (χ2n) is 5.83. The summed E-state index contributed by atoms with van der Waals surface area (Å²) in [5.41, 5.74) is 7.21. The molecular weight excluding hydrogens is 264 g/mol. The van der Waals surface area contributed by atoms with Crippen LogP contribution >= 0.6 is 0 Å². The number of rotatable bonds is 4. The van der Waals surface area contributed by atoms with E-state index in [0.717, 1.165) is 42.5 Å². The van der Waals surface area contributed by atoms with Crippen molar-refractivity contribution in [1.82, 2.24) is 14.9 Å². The number of carbonyl (C=O) groups is 1. The highest BCUT2D eigenvalue weighted by Gasteiger charge is 2.44. The van der Waals surface area contributed by atoms with Crippen LogP contribution in [-0.4, -0.2) is 28.0 Å². The van der Waals surface area contributed by atoms with E-state index < -0.39 is 5.54 Å². The molecule has 1 fully saturated rings.